The minimum atomic E-state index is -0.533. The van der Waals surface area contributed by atoms with Gasteiger partial charge in [0.15, 0.2) is 0 Å². The van der Waals surface area contributed by atoms with Gasteiger partial charge in [0, 0.05) is 24.3 Å². The Morgan fingerprint density at radius 2 is 2.11 bits per heavy atom. The molecule has 1 aromatic carbocycles. The van der Waals surface area contributed by atoms with E-state index in [1.165, 1.54) is 11.3 Å². The summed E-state index contributed by atoms with van der Waals surface area (Å²) in [6.07, 6.45) is 0.765. The lowest BCUT2D eigenvalue weighted by molar-refractivity contribution is -0.0442. The highest BCUT2D eigenvalue weighted by molar-refractivity contribution is 7.11. The van der Waals surface area contributed by atoms with E-state index < -0.39 is 18.4 Å². The van der Waals surface area contributed by atoms with Crippen LogP contribution in [0, 0.1) is 0 Å². The van der Waals surface area contributed by atoms with E-state index in [4.69, 9.17) is 23.4 Å². The molecular formula is C19H19NO6S. The van der Waals surface area contributed by atoms with Crippen molar-refractivity contribution in [1.29, 1.82) is 0 Å². The first-order chi connectivity index (χ1) is 13.2. The van der Waals surface area contributed by atoms with Crippen molar-refractivity contribution >= 4 is 28.3 Å². The van der Waals surface area contributed by atoms with E-state index in [-0.39, 0.29) is 12.4 Å². The van der Waals surface area contributed by atoms with Gasteiger partial charge in [-0.15, -0.1) is 11.3 Å². The van der Waals surface area contributed by atoms with Crippen molar-refractivity contribution in [2.75, 3.05) is 20.3 Å². The molecule has 7 nitrogen and oxygen atoms in total. The van der Waals surface area contributed by atoms with Crippen molar-refractivity contribution in [3.63, 3.8) is 0 Å². The zero-order valence-electron chi connectivity index (χ0n) is 15.0. The highest BCUT2D eigenvalue weighted by Gasteiger charge is 2.26. The Balaban J connectivity index is 1.53. The summed E-state index contributed by atoms with van der Waals surface area (Å²) in [7, 11) is 1.57. The number of esters is 1. The van der Waals surface area contributed by atoms with E-state index in [1.807, 2.05) is 24.3 Å². The fourth-order valence-electron chi connectivity index (χ4n) is 2.92. The maximum atomic E-state index is 12.7. The van der Waals surface area contributed by atoms with Crippen molar-refractivity contribution < 1.29 is 28.2 Å². The number of para-hydroxylation sites is 1. The molecule has 1 aliphatic heterocycles. The molecule has 0 radical (unpaired) electrons. The van der Waals surface area contributed by atoms with E-state index in [0.717, 1.165) is 10.3 Å². The van der Waals surface area contributed by atoms with Crippen LogP contribution < -0.4 is 0 Å². The van der Waals surface area contributed by atoms with Gasteiger partial charge in [-0.25, -0.2) is 9.78 Å². The standard InChI is InChI=1S/C19H19NO6S/c1-11(15-9-20-17(27-15)19-23-7-8-24-19)25-18(21)16-13(10-22-2)12-5-3-4-6-14(12)26-16/h3-6,9,11,19H,7-8,10H2,1-2H3/t11-/m0/s1. The Labute approximate surface area is 159 Å². The largest absolute Gasteiger partial charge is 0.451 e. The van der Waals surface area contributed by atoms with Gasteiger partial charge in [0.25, 0.3) is 0 Å². The maximum absolute atomic E-state index is 12.7. The van der Waals surface area contributed by atoms with Gasteiger partial charge in [-0.1, -0.05) is 18.2 Å². The first-order valence-corrected chi connectivity index (χ1v) is 9.38. The summed E-state index contributed by atoms with van der Waals surface area (Å²) >= 11 is 1.40. The number of fused-ring (bicyclic) bond motifs is 1. The van der Waals surface area contributed by atoms with E-state index in [0.29, 0.717) is 29.4 Å². The zero-order valence-corrected chi connectivity index (χ0v) is 15.8. The molecule has 0 unspecified atom stereocenters. The predicted octanol–water partition coefficient (Wildman–Crippen LogP) is 4.00. The van der Waals surface area contributed by atoms with Gasteiger partial charge in [0.05, 0.1) is 24.7 Å². The molecule has 1 aliphatic rings. The van der Waals surface area contributed by atoms with Gasteiger partial charge in [-0.3, -0.25) is 0 Å². The lowest BCUT2D eigenvalue weighted by atomic mass is 10.1. The highest BCUT2D eigenvalue weighted by atomic mass is 32.1. The molecule has 0 spiro atoms. The van der Waals surface area contributed by atoms with Crippen LogP contribution in [0.4, 0.5) is 0 Å². The third kappa shape index (κ3) is 3.61. The molecule has 4 rings (SSSR count). The van der Waals surface area contributed by atoms with Gasteiger partial charge in [0.1, 0.15) is 16.7 Å². The molecule has 2 aromatic heterocycles. The first kappa shape index (κ1) is 18.1. The molecule has 27 heavy (non-hydrogen) atoms. The molecule has 1 saturated heterocycles. The van der Waals surface area contributed by atoms with E-state index >= 15 is 0 Å². The highest BCUT2D eigenvalue weighted by Crippen LogP contribution is 2.33. The average Bonchev–Trinajstić information content (AvgIpc) is 3.41. The molecule has 1 atom stereocenters. The van der Waals surface area contributed by atoms with Crippen LogP contribution in [0.5, 0.6) is 0 Å². The lowest BCUT2D eigenvalue weighted by Crippen LogP contribution is -2.10. The van der Waals surface area contributed by atoms with Crippen molar-refractivity contribution in [3.8, 4) is 0 Å². The number of furan rings is 1. The van der Waals surface area contributed by atoms with Crippen LogP contribution in [0.3, 0.4) is 0 Å². The topological polar surface area (TPSA) is 80.0 Å². The van der Waals surface area contributed by atoms with Gasteiger partial charge in [-0.05, 0) is 13.0 Å². The molecule has 3 heterocycles. The SMILES string of the molecule is COCc1c(C(=O)O[C@@H](C)c2cnc(C3OCCO3)s2)oc2ccccc12. The van der Waals surface area contributed by atoms with Crippen LogP contribution in [0.1, 0.15) is 45.3 Å². The molecular weight excluding hydrogens is 370 g/mol. The smallest absolute Gasteiger partial charge is 0.375 e. The summed E-state index contributed by atoms with van der Waals surface area (Å²) in [5, 5.41) is 1.56. The van der Waals surface area contributed by atoms with Gasteiger partial charge >= 0.3 is 5.97 Å². The quantitative estimate of drug-likeness (QED) is 0.590. The number of ether oxygens (including phenoxy) is 4. The zero-order chi connectivity index (χ0) is 18.8. The summed E-state index contributed by atoms with van der Waals surface area (Å²) in [5.74, 6) is -0.369. The van der Waals surface area contributed by atoms with Crippen LogP contribution in [0.2, 0.25) is 0 Å². The third-order valence-corrected chi connectivity index (χ3v) is 5.40. The molecule has 0 amide bonds. The Morgan fingerprint density at radius 3 is 2.89 bits per heavy atom. The van der Waals surface area contributed by atoms with E-state index in [2.05, 4.69) is 4.98 Å². The van der Waals surface area contributed by atoms with Crippen molar-refractivity contribution in [3.05, 3.63) is 51.7 Å². The number of nitrogens with zero attached hydrogens (tertiary/aromatic N) is 1. The molecule has 0 bridgehead atoms. The molecule has 8 heteroatoms. The molecule has 1 fully saturated rings. The number of hydrogen-bond donors (Lipinski definition) is 0. The predicted molar refractivity (Wildman–Crippen MR) is 97.5 cm³/mol. The van der Waals surface area contributed by atoms with Gasteiger partial charge in [-0.2, -0.15) is 0 Å². The summed E-state index contributed by atoms with van der Waals surface area (Å²) in [5.41, 5.74) is 1.31. The van der Waals surface area contributed by atoms with Crippen LogP contribution in [-0.4, -0.2) is 31.3 Å². The fraction of sp³-hybridized carbons (Fsp3) is 0.368. The summed E-state index contributed by atoms with van der Waals surface area (Å²) in [6.45, 7) is 3.16. The fourth-order valence-corrected chi connectivity index (χ4v) is 3.82. The monoisotopic (exact) mass is 389 g/mol. The van der Waals surface area contributed by atoms with Crippen LogP contribution in [0.15, 0.2) is 34.9 Å². The number of hydrogen-bond acceptors (Lipinski definition) is 8. The number of benzene rings is 1. The number of aromatic nitrogens is 1. The van der Waals surface area contributed by atoms with Gasteiger partial charge in [0.2, 0.25) is 12.1 Å². The van der Waals surface area contributed by atoms with Crippen LogP contribution in [-0.2, 0) is 25.6 Å². The Bertz CT molecular complexity index is 943. The molecule has 0 aliphatic carbocycles. The molecule has 0 saturated carbocycles. The minimum absolute atomic E-state index is 0.164. The number of thiazole rings is 1. The van der Waals surface area contributed by atoms with Crippen molar-refractivity contribution in [1.82, 2.24) is 4.98 Å². The number of rotatable bonds is 6. The van der Waals surface area contributed by atoms with Crippen LogP contribution >= 0.6 is 11.3 Å². The van der Waals surface area contributed by atoms with Crippen LogP contribution in [0.25, 0.3) is 11.0 Å². The maximum Gasteiger partial charge on any atom is 0.375 e. The second-order valence-electron chi connectivity index (χ2n) is 6.06. The van der Waals surface area contributed by atoms with Crippen molar-refractivity contribution in [2.45, 2.75) is 25.9 Å². The second kappa shape index (κ2) is 7.77. The number of methoxy groups -OCH3 is 1. The van der Waals surface area contributed by atoms with E-state index in [1.54, 1.807) is 20.2 Å². The number of carbonyl (C=O) groups excluding carboxylic acids is 1. The molecule has 142 valence electrons. The summed E-state index contributed by atoms with van der Waals surface area (Å²) in [6, 6.07) is 7.45. The normalized spacial score (nSPS) is 16.1. The van der Waals surface area contributed by atoms with Gasteiger partial charge < -0.3 is 23.4 Å². The second-order valence-corrected chi connectivity index (χ2v) is 7.15. The Morgan fingerprint density at radius 1 is 1.33 bits per heavy atom. The average molecular weight is 389 g/mol. The molecule has 3 aromatic rings. The number of carbonyl (C=O) groups is 1. The minimum Gasteiger partial charge on any atom is -0.451 e. The first-order valence-electron chi connectivity index (χ1n) is 8.56. The lowest BCUT2D eigenvalue weighted by Gasteiger charge is -2.11. The third-order valence-electron chi connectivity index (χ3n) is 4.22. The van der Waals surface area contributed by atoms with Crippen molar-refractivity contribution in [2.24, 2.45) is 0 Å². The molecule has 0 N–H and O–H groups in total. The van der Waals surface area contributed by atoms with E-state index in [9.17, 15) is 4.79 Å². The Hall–Kier alpha value is -2.26. The summed E-state index contributed by atoms with van der Waals surface area (Å²) in [4.78, 5) is 17.8. The Kier molecular flexibility index (Phi) is 5.22. The summed E-state index contributed by atoms with van der Waals surface area (Å²) < 4.78 is 27.5.